The normalized spacial score (nSPS) is 11.7. The van der Waals surface area contributed by atoms with Crippen molar-refractivity contribution < 1.29 is 5.21 Å². The number of aryl methyl sites for hydroxylation is 2. The predicted octanol–water partition coefficient (Wildman–Crippen LogP) is 3.60. The Bertz CT molecular complexity index is 653. The first-order chi connectivity index (χ1) is 9.49. The van der Waals surface area contributed by atoms with Gasteiger partial charge in [0, 0.05) is 16.2 Å². The Morgan fingerprint density at radius 1 is 1.30 bits per heavy atom. The van der Waals surface area contributed by atoms with Crippen molar-refractivity contribution in [2.45, 2.75) is 23.8 Å². The van der Waals surface area contributed by atoms with E-state index in [9.17, 15) is 0 Å². The van der Waals surface area contributed by atoms with Crippen LogP contribution in [0.25, 0.3) is 0 Å². The summed E-state index contributed by atoms with van der Waals surface area (Å²) in [4.78, 5) is 5.33. The number of halogens is 1. The van der Waals surface area contributed by atoms with Gasteiger partial charge in [0.15, 0.2) is 5.84 Å². The first kappa shape index (κ1) is 14.7. The molecule has 20 heavy (non-hydrogen) atoms. The SMILES string of the molecule is Cc1cc(C)nc(Sc2ccc(/C(N)=N/O)cc2Cl)c1. The van der Waals surface area contributed by atoms with E-state index < -0.39 is 0 Å². The summed E-state index contributed by atoms with van der Waals surface area (Å²) >= 11 is 7.70. The summed E-state index contributed by atoms with van der Waals surface area (Å²) in [7, 11) is 0. The van der Waals surface area contributed by atoms with Gasteiger partial charge in [0.2, 0.25) is 0 Å². The highest BCUT2D eigenvalue weighted by Crippen LogP contribution is 2.33. The zero-order valence-corrected chi connectivity index (χ0v) is 12.7. The molecule has 4 nitrogen and oxygen atoms in total. The largest absolute Gasteiger partial charge is 0.409 e. The third-order valence-corrected chi connectivity index (χ3v) is 4.04. The summed E-state index contributed by atoms with van der Waals surface area (Å²) in [5, 5.41) is 13.0. The molecule has 6 heteroatoms. The quantitative estimate of drug-likeness (QED) is 0.393. The molecule has 3 N–H and O–H groups in total. The lowest BCUT2D eigenvalue weighted by Crippen LogP contribution is -2.12. The van der Waals surface area contributed by atoms with E-state index in [0.717, 1.165) is 21.2 Å². The van der Waals surface area contributed by atoms with Crippen molar-refractivity contribution in [2.24, 2.45) is 10.9 Å². The fraction of sp³-hybridized carbons (Fsp3) is 0.143. The number of amidine groups is 1. The lowest BCUT2D eigenvalue weighted by atomic mass is 10.2. The van der Waals surface area contributed by atoms with Gasteiger partial charge in [0.25, 0.3) is 0 Å². The second kappa shape index (κ2) is 6.15. The lowest BCUT2D eigenvalue weighted by Gasteiger charge is -2.07. The number of nitrogens with two attached hydrogens (primary N) is 1. The van der Waals surface area contributed by atoms with E-state index in [0.29, 0.717) is 10.6 Å². The zero-order valence-electron chi connectivity index (χ0n) is 11.1. The number of benzene rings is 1. The summed E-state index contributed by atoms with van der Waals surface area (Å²) in [5.41, 5.74) is 8.23. The maximum Gasteiger partial charge on any atom is 0.170 e. The maximum absolute atomic E-state index is 8.65. The molecule has 2 aromatic rings. The molecule has 2 rings (SSSR count). The molecule has 0 aliphatic rings. The van der Waals surface area contributed by atoms with E-state index in [4.69, 9.17) is 22.5 Å². The van der Waals surface area contributed by atoms with Crippen molar-refractivity contribution in [2.75, 3.05) is 0 Å². The van der Waals surface area contributed by atoms with Gasteiger partial charge in [-0.25, -0.2) is 4.98 Å². The number of rotatable bonds is 3. The van der Waals surface area contributed by atoms with Gasteiger partial charge in [-0.3, -0.25) is 0 Å². The third-order valence-electron chi connectivity index (χ3n) is 2.62. The number of hydrogen-bond acceptors (Lipinski definition) is 4. The Morgan fingerprint density at radius 3 is 2.65 bits per heavy atom. The predicted molar refractivity (Wildman–Crippen MR) is 81.8 cm³/mol. The average molecular weight is 308 g/mol. The highest BCUT2D eigenvalue weighted by molar-refractivity contribution is 7.99. The molecule has 0 radical (unpaired) electrons. The van der Waals surface area contributed by atoms with Crippen LogP contribution in [0.15, 0.2) is 45.4 Å². The highest BCUT2D eigenvalue weighted by atomic mass is 35.5. The molecule has 0 amide bonds. The summed E-state index contributed by atoms with van der Waals surface area (Å²) in [6, 6.07) is 9.28. The second-order valence-electron chi connectivity index (χ2n) is 4.36. The van der Waals surface area contributed by atoms with E-state index in [2.05, 4.69) is 10.1 Å². The number of aromatic nitrogens is 1. The number of nitrogens with zero attached hydrogens (tertiary/aromatic N) is 2. The number of oxime groups is 1. The minimum Gasteiger partial charge on any atom is -0.409 e. The standard InChI is InChI=1S/C14H14ClN3OS/c1-8-5-9(2)17-13(6-8)20-12-4-3-10(7-11(12)15)14(16)18-19/h3-7,19H,1-2H3,(H2,16,18). The van der Waals surface area contributed by atoms with Crippen molar-refractivity contribution in [3.63, 3.8) is 0 Å². The molecule has 0 fully saturated rings. The molecule has 1 heterocycles. The molecule has 1 aromatic heterocycles. The molecule has 0 unspecified atom stereocenters. The topological polar surface area (TPSA) is 71.5 Å². The molecule has 0 spiro atoms. The van der Waals surface area contributed by atoms with Gasteiger partial charge in [0.05, 0.1) is 5.02 Å². The molecule has 0 saturated carbocycles. The Hall–Kier alpha value is -1.72. The summed E-state index contributed by atoms with van der Waals surface area (Å²) in [5.74, 6) is 0.0352. The summed E-state index contributed by atoms with van der Waals surface area (Å²) < 4.78 is 0. The van der Waals surface area contributed by atoms with Crippen LogP contribution in [0.5, 0.6) is 0 Å². The van der Waals surface area contributed by atoms with Crippen LogP contribution in [-0.4, -0.2) is 16.0 Å². The van der Waals surface area contributed by atoms with Crippen LogP contribution in [0.2, 0.25) is 5.02 Å². The Morgan fingerprint density at radius 2 is 2.05 bits per heavy atom. The molecular formula is C14H14ClN3OS. The van der Waals surface area contributed by atoms with Gasteiger partial charge in [-0.1, -0.05) is 28.5 Å². The Kier molecular flexibility index (Phi) is 4.52. The van der Waals surface area contributed by atoms with E-state index in [1.54, 1.807) is 12.1 Å². The molecule has 0 aliphatic carbocycles. The first-order valence-electron chi connectivity index (χ1n) is 5.90. The van der Waals surface area contributed by atoms with Crippen LogP contribution in [0.3, 0.4) is 0 Å². The minimum absolute atomic E-state index is 0.0352. The van der Waals surface area contributed by atoms with Gasteiger partial charge < -0.3 is 10.9 Å². The molecule has 1 aromatic carbocycles. The van der Waals surface area contributed by atoms with Gasteiger partial charge >= 0.3 is 0 Å². The zero-order chi connectivity index (χ0) is 14.7. The minimum atomic E-state index is 0.0352. The molecule has 0 aliphatic heterocycles. The average Bonchev–Trinajstić information content (AvgIpc) is 2.39. The highest BCUT2D eigenvalue weighted by Gasteiger charge is 2.08. The molecule has 0 atom stereocenters. The van der Waals surface area contributed by atoms with E-state index in [1.165, 1.54) is 11.8 Å². The maximum atomic E-state index is 8.65. The third kappa shape index (κ3) is 3.43. The van der Waals surface area contributed by atoms with Crippen molar-refractivity contribution in [3.8, 4) is 0 Å². The molecule has 0 bridgehead atoms. The van der Waals surface area contributed by atoms with Crippen molar-refractivity contribution in [1.82, 2.24) is 4.98 Å². The van der Waals surface area contributed by atoms with E-state index >= 15 is 0 Å². The van der Waals surface area contributed by atoms with Crippen LogP contribution < -0.4 is 5.73 Å². The Balaban J connectivity index is 2.30. The van der Waals surface area contributed by atoms with Crippen LogP contribution in [0.4, 0.5) is 0 Å². The summed E-state index contributed by atoms with van der Waals surface area (Å²) in [6.07, 6.45) is 0. The fourth-order valence-electron chi connectivity index (χ4n) is 1.77. The van der Waals surface area contributed by atoms with Gasteiger partial charge in [-0.2, -0.15) is 0 Å². The van der Waals surface area contributed by atoms with Crippen LogP contribution in [0.1, 0.15) is 16.8 Å². The van der Waals surface area contributed by atoms with Gasteiger partial charge in [-0.05, 0) is 49.7 Å². The van der Waals surface area contributed by atoms with Crippen LogP contribution in [-0.2, 0) is 0 Å². The molecule has 104 valence electrons. The van der Waals surface area contributed by atoms with Crippen LogP contribution >= 0.6 is 23.4 Å². The summed E-state index contributed by atoms with van der Waals surface area (Å²) in [6.45, 7) is 3.99. The first-order valence-corrected chi connectivity index (χ1v) is 7.09. The smallest absolute Gasteiger partial charge is 0.170 e. The van der Waals surface area contributed by atoms with Gasteiger partial charge in [0.1, 0.15) is 5.03 Å². The monoisotopic (exact) mass is 307 g/mol. The fourth-order valence-corrected chi connectivity index (χ4v) is 3.02. The van der Waals surface area contributed by atoms with Crippen molar-refractivity contribution in [1.29, 1.82) is 0 Å². The van der Waals surface area contributed by atoms with Crippen LogP contribution in [0, 0.1) is 13.8 Å². The lowest BCUT2D eigenvalue weighted by molar-refractivity contribution is 0.318. The molecular weight excluding hydrogens is 294 g/mol. The van der Waals surface area contributed by atoms with E-state index in [1.807, 2.05) is 32.0 Å². The number of hydrogen-bond donors (Lipinski definition) is 2. The Labute approximate surface area is 126 Å². The van der Waals surface area contributed by atoms with Crippen molar-refractivity contribution >= 4 is 29.2 Å². The van der Waals surface area contributed by atoms with Gasteiger partial charge in [-0.15, -0.1) is 0 Å². The molecule has 0 saturated heterocycles. The number of pyridine rings is 1. The second-order valence-corrected chi connectivity index (χ2v) is 5.83. The van der Waals surface area contributed by atoms with Crippen molar-refractivity contribution in [3.05, 3.63) is 52.2 Å². The van der Waals surface area contributed by atoms with E-state index in [-0.39, 0.29) is 5.84 Å².